The molecular weight excluding hydrogens is 502 g/mol. The summed E-state index contributed by atoms with van der Waals surface area (Å²) < 4.78 is 14.5. The van der Waals surface area contributed by atoms with Crippen LogP contribution in [0.5, 0.6) is 11.6 Å². The maximum atomic E-state index is 11.0. The quantitative estimate of drug-likeness (QED) is 0.325. The number of carboxylic acids is 1. The molecule has 1 aliphatic rings. The minimum Gasteiger partial charge on any atom is -0.492 e. The normalized spacial score (nSPS) is 18.2. The summed E-state index contributed by atoms with van der Waals surface area (Å²) in [6.07, 6.45) is 8.92. The van der Waals surface area contributed by atoms with Gasteiger partial charge in [0.15, 0.2) is 5.69 Å². The maximum absolute atomic E-state index is 11.0. The van der Waals surface area contributed by atoms with Crippen molar-refractivity contribution in [2.24, 2.45) is 5.92 Å². The molecule has 0 atom stereocenters. The predicted octanol–water partition coefficient (Wildman–Crippen LogP) is 5.24. The van der Waals surface area contributed by atoms with E-state index in [1.54, 1.807) is 12.1 Å². The van der Waals surface area contributed by atoms with Crippen LogP contribution in [0.15, 0.2) is 41.0 Å². The number of aliphatic hydroxyl groups is 1. The molecule has 2 aromatic heterocycles. The summed E-state index contributed by atoms with van der Waals surface area (Å²) in [5, 5.41) is 24.2. The molecule has 2 heterocycles. The van der Waals surface area contributed by atoms with Crippen molar-refractivity contribution >= 4 is 32.8 Å². The summed E-state index contributed by atoms with van der Waals surface area (Å²) in [7, 11) is 0. The number of pyridine rings is 1. The van der Waals surface area contributed by atoms with Crippen molar-refractivity contribution < 1.29 is 24.5 Å². The lowest BCUT2D eigenvalue weighted by molar-refractivity contribution is 0.0689. The smallest absolute Gasteiger partial charge is 0.354 e. The number of aliphatic hydroxyl groups excluding tert-OH is 1. The molecule has 0 radical (unpaired) electrons. The molecule has 1 aromatic carbocycles. The van der Waals surface area contributed by atoms with Crippen molar-refractivity contribution in [2.45, 2.75) is 51.0 Å². The largest absolute Gasteiger partial charge is 0.492 e. The lowest BCUT2D eigenvalue weighted by atomic mass is 9.87. The van der Waals surface area contributed by atoms with Gasteiger partial charge in [0.2, 0.25) is 5.88 Å². The highest BCUT2D eigenvalue weighted by atomic mass is 79.9. The van der Waals surface area contributed by atoms with E-state index >= 15 is 0 Å². The Hall–Kier alpha value is -2.65. The minimum absolute atomic E-state index is 0.0210. The molecule has 1 saturated carbocycles. The molecule has 0 amide bonds. The molecule has 182 valence electrons. The highest BCUT2D eigenvalue weighted by Crippen LogP contribution is 2.34. The second-order valence-corrected chi connectivity index (χ2v) is 9.59. The number of hydrogen-bond donors (Lipinski definition) is 2. The highest BCUT2D eigenvalue weighted by molar-refractivity contribution is 9.10. The highest BCUT2D eigenvalue weighted by Gasteiger charge is 2.23. The Balaban J connectivity index is 1.21. The lowest BCUT2D eigenvalue weighted by Crippen LogP contribution is -2.20. The van der Waals surface area contributed by atoms with E-state index in [1.165, 1.54) is 6.07 Å². The van der Waals surface area contributed by atoms with Gasteiger partial charge in [-0.2, -0.15) is 5.10 Å². The number of benzene rings is 1. The topological polar surface area (TPSA) is 107 Å². The van der Waals surface area contributed by atoms with Crippen molar-refractivity contribution in [3.05, 3.63) is 46.7 Å². The van der Waals surface area contributed by atoms with Gasteiger partial charge in [-0.3, -0.25) is 4.68 Å². The first-order valence-electron chi connectivity index (χ1n) is 11.8. The Morgan fingerprint density at radius 2 is 1.85 bits per heavy atom. The van der Waals surface area contributed by atoms with Crippen molar-refractivity contribution in [2.75, 3.05) is 19.8 Å². The Kier molecular flexibility index (Phi) is 8.39. The van der Waals surface area contributed by atoms with Gasteiger partial charge in [0.25, 0.3) is 0 Å². The summed E-state index contributed by atoms with van der Waals surface area (Å²) in [5.74, 6) is 0.479. The third kappa shape index (κ3) is 6.27. The van der Waals surface area contributed by atoms with Crippen LogP contribution in [0.25, 0.3) is 10.9 Å². The standard InChI is InChI=1S/C25H30BrN3O5/c26-20-13-18-15-29(19-9-7-17(16-30)8-10-19)28-22(18)14-23(20)33-11-2-1-3-12-34-24-6-4-5-21(27-24)25(31)32/h4-6,13-15,17,19,30H,1-3,7-12,16H2,(H,31,32). The number of ether oxygens (including phenoxy) is 2. The number of aromatic nitrogens is 3. The summed E-state index contributed by atoms with van der Waals surface area (Å²) in [4.78, 5) is 14.9. The first-order valence-corrected chi connectivity index (χ1v) is 12.6. The predicted molar refractivity (Wildman–Crippen MR) is 132 cm³/mol. The fourth-order valence-electron chi connectivity index (χ4n) is 4.29. The SMILES string of the molecule is O=C(O)c1cccc(OCCCCCOc2cc3nn(C4CCC(CO)CC4)cc3cc2Br)n1. The van der Waals surface area contributed by atoms with Gasteiger partial charge >= 0.3 is 5.97 Å². The van der Waals surface area contributed by atoms with E-state index in [-0.39, 0.29) is 12.3 Å². The molecule has 34 heavy (non-hydrogen) atoms. The molecule has 9 heteroatoms. The second kappa shape index (κ2) is 11.7. The van der Waals surface area contributed by atoms with E-state index in [4.69, 9.17) is 19.7 Å². The number of halogens is 1. The van der Waals surface area contributed by atoms with Gasteiger partial charge in [-0.1, -0.05) is 6.07 Å². The van der Waals surface area contributed by atoms with Crippen LogP contribution in [0.3, 0.4) is 0 Å². The Morgan fingerprint density at radius 3 is 2.59 bits per heavy atom. The van der Waals surface area contributed by atoms with Gasteiger partial charge in [0.05, 0.1) is 29.2 Å². The number of hydrogen-bond acceptors (Lipinski definition) is 6. The molecule has 1 fully saturated rings. The minimum atomic E-state index is -1.07. The molecule has 0 spiro atoms. The summed E-state index contributed by atoms with van der Waals surface area (Å²) in [5.41, 5.74) is 0.902. The monoisotopic (exact) mass is 531 g/mol. The zero-order valence-electron chi connectivity index (χ0n) is 19.0. The summed E-state index contributed by atoms with van der Waals surface area (Å²) in [6, 6.07) is 9.15. The fraction of sp³-hybridized carbons (Fsp3) is 0.480. The number of carboxylic acid groups (broad SMARTS) is 1. The van der Waals surface area contributed by atoms with E-state index in [0.717, 1.165) is 66.1 Å². The molecule has 8 nitrogen and oxygen atoms in total. The van der Waals surface area contributed by atoms with E-state index in [9.17, 15) is 9.90 Å². The van der Waals surface area contributed by atoms with E-state index in [2.05, 4.69) is 37.9 Å². The molecule has 0 aliphatic heterocycles. The number of fused-ring (bicyclic) bond motifs is 1. The van der Waals surface area contributed by atoms with Gasteiger partial charge in [0, 0.05) is 30.3 Å². The van der Waals surface area contributed by atoms with Crippen molar-refractivity contribution in [3.8, 4) is 11.6 Å². The van der Waals surface area contributed by atoms with Crippen molar-refractivity contribution in [3.63, 3.8) is 0 Å². The average molecular weight is 532 g/mol. The van der Waals surface area contributed by atoms with Gasteiger partial charge in [-0.25, -0.2) is 9.78 Å². The van der Waals surface area contributed by atoms with Crippen LogP contribution >= 0.6 is 15.9 Å². The molecule has 0 bridgehead atoms. The molecule has 0 saturated heterocycles. The zero-order chi connectivity index (χ0) is 23.9. The molecule has 2 N–H and O–H groups in total. The van der Waals surface area contributed by atoms with Gasteiger partial charge in [-0.05, 0) is 78.9 Å². The second-order valence-electron chi connectivity index (χ2n) is 8.73. The van der Waals surface area contributed by atoms with Crippen LogP contribution in [-0.2, 0) is 0 Å². The van der Waals surface area contributed by atoms with Gasteiger partial charge < -0.3 is 19.7 Å². The van der Waals surface area contributed by atoms with Crippen molar-refractivity contribution in [1.82, 2.24) is 14.8 Å². The van der Waals surface area contributed by atoms with E-state index in [0.29, 0.717) is 31.1 Å². The van der Waals surface area contributed by atoms with Crippen LogP contribution in [-0.4, -0.2) is 50.8 Å². The Bertz CT molecular complexity index is 1110. The maximum Gasteiger partial charge on any atom is 0.354 e. The third-order valence-electron chi connectivity index (χ3n) is 6.26. The van der Waals surface area contributed by atoms with E-state index < -0.39 is 5.97 Å². The summed E-state index contributed by atoms with van der Waals surface area (Å²) >= 11 is 3.62. The van der Waals surface area contributed by atoms with E-state index in [1.807, 2.05) is 6.07 Å². The van der Waals surface area contributed by atoms with Crippen LogP contribution in [0.2, 0.25) is 0 Å². The van der Waals surface area contributed by atoms with Gasteiger partial charge in [-0.15, -0.1) is 0 Å². The first kappa shape index (κ1) is 24.5. The number of nitrogens with zero attached hydrogens (tertiary/aromatic N) is 3. The fourth-order valence-corrected chi connectivity index (χ4v) is 4.76. The van der Waals surface area contributed by atoms with Crippen LogP contribution < -0.4 is 9.47 Å². The van der Waals surface area contributed by atoms with Crippen LogP contribution in [0.1, 0.15) is 61.5 Å². The average Bonchev–Trinajstić information content (AvgIpc) is 3.26. The third-order valence-corrected chi connectivity index (χ3v) is 6.88. The van der Waals surface area contributed by atoms with Crippen molar-refractivity contribution in [1.29, 1.82) is 0 Å². The first-order chi connectivity index (χ1) is 16.5. The Labute approximate surface area is 207 Å². The molecular formula is C25H30BrN3O5. The number of carbonyl (C=O) groups is 1. The molecule has 1 aliphatic carbocycles. The van der Waals surface area contributed by atoms with Crippen LogP contribution in [0, 0.1) is 5.92 Å². The lowest BCUT2D eigenvalue weighted by Gasteiger charge is -2.27. The molecule has 0 unspecified atom stereocenters. The summed E-state index contributed by atoms with van der Waals surface area (Å²) in [6.45, 7) is 1.35. The molecule has 4 rings (SSSR count). The zero-order valence-corrected chi connectivity index (χ0v) is 20.6. The number of rotatable bonds is 11. The van der Waals surface area contributed by atoms with Crippen LogP contribution in [0.4, 0.5) is 0 Å². The van der Waals surface area contributed by atoms with Gasteiger partial charge in [0.1, 0.15) is 5.75 Å². The molecule has 3 aromatic rings. The number of unbranched alkanes of at least 4 members (excludes halogenated alkanes) is 2. The number of aromatic carboxylic acids is 1. The Morgan fingerprint density at radius 1 is 1.09 bits per heavy atom.